The summed E-state index contributed by atoms with van der Waals surface area (Å²) in [5, 5.41) is 0. The molecule has 0 bridgehead atoms. The predicted molar refractivity (Wildman–Crippen MR) is 52.6 cm³/mol. The summed E-state index contributed by atoms with van der Waals surface area (Å²) in [6.07, 6.45) is 6.58. The van der Waals surface area contributed by atoms with Crippen molar-refractivity contribution >= 4 is 5.78 Å². The van der Waals surface area contributed by atoms with Gasteiger partial charge in [0.25, 0.3) is 0 Å². The summed E-state index contributed by atoms with van der Waals surface area (Å²) in [6, 6.07) is 0. The smallest absolute Gasteiger partial charge is 0.161 e. The van der Waals surface area contributed by atoms with Crippen LogP contribution in [0, 0.1) is 5.92 Å². The summed E-state index contributed by atoms with van der Waals surface area (Å²) in [6.45, 7) is 4.62. The van der Waals surface area contributed by atoms with Crippen LogP contribution in [-0.4, -0.2) is 18.5 Å². The molecule has 0 aliphatic heterocycles. The van der Waals surface area contributed by atoms with Crippen LogP contribution in [0.25, 0.3) is 0 Å². The molecule has 1 aliphatic rings. The van der Waals surface area contributed by atoms with E-state index >= 15 is 0 Å². The lowest BCUT2D eigenvalue weighted by molar-refractivity contribution is -0.135. The van der Waals surface area contributed by atoms with Crippen molar-refractivity contribution < 1.29 is 9.53 Å². The topological polar surface area (TPSA) is 26.3 Å². The Balaban J connectivity index is 2.39. The monoisotopic (exact) mass is 182 g/mol. The molecule has 1 rings (SSSR count). The number of hydrogen-bond donors (Lipinski definition) is 0. The van der Waals surface area contributed by atoms with E-state index in [1.165, 1.54) is 0 Å². The summed E-state index contributed by atoms with van der Waals surface area (Å²) in [5.74, 6) is 0.676. The Kier molecular flexibility index (Phi) is 4.16. The van der Waals surface area contributed by atoms with Crippen molar-refractivity contribution in [1.29, 1.82) is 0 Å². The predicted octanol–water partition coefficient (Wildman–Crippen LogP) is 2.34. The number of ether oxygens (including phenoxy) is 1. The van der Waals surface area contributed by atoms with Crippen molar-refractivity contribution in [2.45, 2.75) is 39.2 Å². The van der Waals surface area contributed by atoms with Gasteiger partial charge in [-0.3, -0.25) is 4.79 Å². The van der Waals surface area contributed by atoms with Gasteiger partial charge in [-0.05, 0) is 25.7 Å². The van der Waals surface area contributed by atoms with Crippen molar-refractivity contribution in [2.24, 2.45) is 5.92 Å². The Hall–Kier alpha value is -0.630. The molecule has 2 heteroatoms. The zero-order valence-electron chi connectivity index (χ0n) is 8.45. The highest BCUT2D eigenvalue weighted by Crippen LogP contribution is 2.23. The van der Waals surface area contributed by atoms with Gasteiger partial charge in [0.05, 0.1) is 6.61 Å². The fourth-order valence-corrected chi connectivity index (χ4v) is 1.72. The second-order valence-corrected chi connectivity index (χ2v) is 3.66. The van der Waals surface area contributed by atoms with E-state index in [0.29, 0.717) is 18.9 Å². The second kappa shape index (κ2) is 5.18. The first-order chi connectivity index (χ1) is 6.25. The first-order valence-corrected chi connectivity index (χ1v) is 5.01. The zero-order valence-corrected chi connectivity index (χ0v) is 8.45. The summed E-state index contributed by atoms with van der Waals surface area (Å²) >= 11 is 0. The second-order valence-electron chi connectivity index (χ2n) is 3.66. The lowest BCUT2D eigenvalue weighted by Gasteiger charge is -2.26. The molecule has 0 N–H and O–H groups in total. The summed E-state index contributed by atoms with van der Waals surface area (Å²) in [7, 11) is 0. The van der Waals surface area contributed by atoms with E-state index in [9.17, 15) is 4.79 Å². The average Bonchev–Trinajstić information content (AvgIpc) is 2.10. The Morgan fingerprint density at radius 3 is 3.00 bits per heavy atom. The Morgan fingerprint density at radius 2 is 2.38 bits per heavy atom. The first kappa shape index (κ1) is 10.5. The largest absolute Gasteiger partial charge is 0.366 e. The third-order valence-electron chi connectivity index (χ3n) is 2.52. The molecule has 0 amide bonds. The van der Waals surface area contributed by atoms with Gasteiger partial charge in [-0.2, -0.15) is 0 Å². The van der Waals surface area contributed by atoms with Crippen LogP contribution in [0.5, 0.6) is 0 Å². The average molecular weight is 182 g/mol. The van der Waals surface area contributed by atoms with Crippen molar-refractivity contribution in [3.05, 3.63) is 12.2 Å². The van der Waals surface area contributed by atoms with Crippen LogP contribution in [0.1, 0.15) is 33.1 Å². The van der Waals surface area contributed by atoms with E-state index in [2.05, 4.69) is 6.92 Å². The number of Topliss-reactive ketones (excluding diaryl/α,β-unsaturated/α-hetero) is 1. The standard InChI is InChI=1S/C11H18O2/c1-3-4-8-13-11-9(2)6-5-7-10(11)12/h3-4,9,11H,5-8H2,1-2H3/b4-3+/t9-,11-/m1/s1. The van der Waals surface area contributed by atoms with Crippen LogP contribution in [0.3, 0.4) is 0 Å². The fourth-order valence-electron chi connectivity index (χ4n) is 1.72. The fraction of sp³-hybridized carbons (Fsp3) is 0.727. The maximum atomic E-state index is 11.4. The van der Waals surface area contributed by atoms with Gasteiger partial charge in [-0.25, -0.2) is 0 Å². The number of rotatable bonds is 3. The normalized spacial score (nSPS) is 29.8. The minimum atomic E-state index is -0.148. The van der Waals surface area contributed by atoms with Crippen LogP contribution in [0.4, 0.5) is 0 Å². The molecule has 0 saturated heterocycles. The highest BCUT2D eigenvalue weighted by Gasteiger charge is 2.28. The van der Waals surface area contributed by atoms with Crippen LogP contribution < -0.4 is 0 Å². The molecule has 1 saturated carbocycles. The lowest BCUT2D eigenvalue weighted by atomic mass is 9.87. The molecule has 0 aromatic heterocycles. The maximum absolute atomic E-state index is 11.4. The van der Waals surface area contributed by atoms with Gasteiger partial charge in [0.2, 0.25) is 0 Å². The van der Waals surface area contributed by atoms with Gasteiger partial charge in [0.1, 0.15) is 6.10 Å². The van der Waals surface area contributed by atoms with Crippen LogP contribution >= 0.6 is 0 Å². The van der Waals surface area contributed by atoms with Crippen molar-refractivity contribution in [2.75, 3.05) is 6.61 Å². The van der Waals surface area contributed by atoms with Crippen LogP contribution in [0.15, 0.2) is 12.2 Å². The number of allylic oxidation sites excluding steroid dienone is 1. The Labute approximate surface area is 80.0 Å². The molecular formula is C11H18O2. The molecule has 1 fully saturated rings. The zero-order chi connectivity index (χ0) is 9.68. The van der Waals surface area contributed by atoms with E-state index < -0.39 is 0 Å². The third kappa shape index (κ3) is 2.96. The van der Waals surface area contributed by atoms with Crippen LogP contribution in [-0.2, 0) is 9.53 Å². The van der Waals surface area contributed by atoms with E-state index in [-0.39, 0.29) is 11.9 Å². The maximum Gasteiger partial charge on any atom is 0.161 e. The van der Waals surface area contributed by atoms with Gasteiger partial charge in [-0.15, -0.1) is 0 Å². The molecular weight excluding hydrogens is 164 g/mol. The molecule has 0 aromatic rings. The number of carbonyl (C=O) groups is 1. The number of carbonyl (C=O) groups excluding carboxylic acids is 1. The van der Waals surface area contributed by atoms with Gasteiger partial charge in [0, 0.05) is 6.42 Å². The number of ketones is 1. The summed E-state index contributed by atoms with van der Waals surface area (Å²) in [4.78, 5) is 11.4. The summed E-state index contributed by atoms with van der Waals surface area (Å²) < 4.78 is 5.51. The minimum absolute atomic E-state index is 0.148. The van der Waals surface area contributed by atoms with Crippen molar-refractivity contribution in [3.63, 3.8) is 0 Å². The van der Waals surface area contributed by atoms with E-state index in [4.69, 9.17) is 4.74 Å². The Morgan fingerprint density at radius 1 is 1.62 bits per heavy atom. The highest BCUT2D eigenvalue weighted by atomic mass is 16.5. The van der Waals surface area contributed by atoms with E-state index in [1.54, 1.807) is 0 Å². The number of hydrogen-bond acceptors (Lipinski definition) is 2. The lowest BCUT2D eigenvalue weighted by Crippen LogP contribution is -2.34. The van der Waals surface area contributed by atoms with Gasteiger partial charge < -0.3 is 4.74 Å². The Bertz CT molecular complexity index is 196. The molecule has 74 valence electrons. The highest BCUT2D eigenvalue weighted by molar-refractivity contribution is 5.84. The first-order valence-electron chi connectivity index (χ1n) is 5.01. The molecule has 0 unspecified atom stereocenters. The van der Waals surface area contributed by atoms with E-state index in [0.717, 1.165) is 12.8 Å². The molecule has 0 spiro atoms. The minimum Gasteiger partial charge on any atom is -0.366 e. The van der Waals surface area contributed by atoms with Gasteiger partial charge in [0.15, 0.2) is 5.78 Å². The quantitative estimate of drug-likeness (QED) is 0.626. The molecule has 2 atom stereocenters. The van der Waals surface area contributed by atoms with Gasteiger partial charge >= 0.3 is 0 Å². The van der Waals surface area contributed by atoms with E-state index in [1.807, 2.05) is 19.1 Å². The van der Waals surface area contributed by atoms with Crippen LogP contribution in [0.2, 0.25) is 0 Å². The SMILES string of the molecule is C/C=C/CO[C@H]1C(=O)CCC[C@H]1C. The third-order valence-corrected chi connectivity index (χ3v) is 2.52. The van der Waals surface area contributed by atoms with Gasteiger partial charge in [-0.1, -0.05) is 19.1 Å². The summed E-state index contributed by atoms with van der Waals surface area (Å²) in [5.41, 5.74) is 0. The molecule has 1 aliphatic carbocycles. The molecule has 0 heterocycles. The van der Waals surface area contributed by atoms with Crippen molar-refractivity contribution in [3.8, 4) is 0 Å². The molecule has 0 aromatic carbocycles. The molecule has 2 nitrogen and oxygen atoms in total. The van der Waals surface area contributed by atoms with Crippen molar-refractivity contribution in [1.82, 2.24) is 0 Å². The molecule has 0 radical (unpaired) electrons. The molecule has 13 heavy (non-hydrogen) atoms.